The summed E-state index contributed by atoms with van der Waals surface area (Å²) in [5, 5.41) is 4.38. The second-order valence-electron chi connectivity index (χ2n) is 4.27. The Morgan fingerprint density at radius 2 is 1.62 bits per heavy atom. The van der Waals surface area contributed by atoms with E-state index in [0.717, 1.165) is 12.8 Å². The van der Waals surface area contributed by atoms with Crippen LogP contribution in [0.1, 0.15) is 40.0 Å². The lowest BCUT2D eigenvalue weighted by Crippen LogP contribution is -2.64. The molecule has 0 saturated carbocycles. The average Bonchev–Trinajstić information content (AvgIpc) is 2.22. The zero-order valence-corrected chi connectivity index (χ0v) is 9.92. The molecule has 1 saturated heterocycles. The summed E-state index contributed by atoms with van der Waals surface area (Å²) >= 11 is 0. The summed E-state index contributed by atoms with van der Waals surface area (Å²) in [5.41, 5.74) is -1.09. The molecule has 90 valence electrons. The van der Waals surface area contributed by atoms with Crippen molar-refractivity contribution in [1.82, 2.24) is 10.6 Å². The molecule has 1 aliphatic heterocycles. The Labute approximate surface area is 95.0 Å². The summed E-state index contributed by atoms with van der Waals surface area (Å²) in [7, 11) is 0. The molecular weight excluding hydrogens is 208 g/mol. The summed E-state index contributed by atoms with van der Waals surface area (Å²) in [4.78, 5) is 34.9. The first kappa shape index (κ1) is 12.7. The molecule has 0 aromatic carbocycles. The normalized spacial score (nSPS) is 21.3. The third-order valence-corrected chi connectivity index (χ3v) is 3.36. The first-order chi connectivity index (χ1) is 7.48. The molecule has 1 unspecified atom stereocenters. The minimum Gasteiger partial charge on any atom is -0.277 e. The molecule has 5 heteroatoms. The van der Waals surface area contributed by atoms with E-state index < -0.39 is 23.3 Å². The standard InChI is InChI=1S/C11H18N2O3/c1-4-6-11(7(3)5-2)8(14)12-10(16)13-9(11)15/h7H,4-6H2,1-3H3,(H2,12,13,14,15,16). The maximum absolute atomic E-state index is 11.9. The number of imide groups is 2. The van der Waals surface area contributed by atoms with Crippen LogP contribution in [0.25, 0.3) is 0 Å². The van der Waals surface area contributed by atoms with E-state index in [1.54, 1.807) is 0 Å². The van der Waals surface area contributed by atoms with Crippen LogP contribution < -0.4 is 10.6 Å². The predicted molar refractivity (Wildman–Crippen MR) is 58.5 cm³/mol. The van der Waals surface area contributed by atoms with Crippen molar-refractivity contribution in [2.24, 2.45) is 11.3 Å². The van der Waals surface area contributed by atoms with E-state index in [4.69, 9.17) is 0 Å². The lowest BCUT2D eigenvalue weighted by molar-refractivity contribution is -0.148. The van der Waals surface area contributed by atoms with Crippen LogP contribution >= 0.6 is 0 Å². The van der Waals surface area contributed by atoms with Gasteiger partial charge in [-0.1, -0.05) is 33.6 Å². The summed E-state index contributed by atoms with van der Waals surface area (Å²) in [6.45, 7) is 5.71. The Kier molecular flexibility index (Phi) is 3.67. The van der Waals surface area contributed by atoms with Crippen molar-refractivity contribution in [3.8, 4) is 0 Å². The van der Waals surface area contributed by atoms with Gasteiger partial charge in [0.15, 0.2) is 0 Å². The highest BCUT2D eigenvalue weighted by molar-refractivity contribution is 6.19. The number of rotatable bonds is 4. The summed E-state index contributed by atoms with van der Waals surface area (Å²) in [6, 6.07) is -0.718. The molecule has 1 heterocycles. The second kappa shape index (κ2) is 4.63. The Bertz CT molecular complexity index is 305. The number of urea groups is 1. The third-order valence-electron chi connectivity index (χ3n) is 3.36. The van der Waals surface area contributed by atoms with E-state index in [1.165, 1.54) is 0 Å². The first-order valence-electron chi connectivity index (χ1n) is 5.65. The molecule has 0 aromatic rings. The van der Waals surface area contributed by atoms with Crippen LogP contribution in [0.2, 0.25) is 0 Å². The monoisotopic (exact) mass is 226 g/mol. The van der Waals surface area contributed by atoms with Crippen molar-refractivity contribution < 1.29 is 14.4 Å². The number of barbiturate groups is 1. The molecule has 0 aromatic heterocycles. The molecular formula is C11H18N2O3. The van der Waals surface area contributed by atoms with E-state index in [-0.39, 0.29) is 5.92 Å². The smallest absolute Gasteiger partial charge is 0.277 e. The zero-order chi connectivity index (χ0) is 12.3. The lowest BCUT2D eigenvalue weighted by atomic mass is 9.69. The van der Waals surface area contributed by atoms with Gasteiger partial charge >= 0.3 is 6.03 Å². The number of amides is 4. The molecule has 5 nitrogen and oxygen atoms in total. The Hall–Kier alpha value is -1.39. The molecule has 1 rings (SSSR count). The molecule has 0 spiro atoms. The third kappa shape index (κ3) is 1.81. The van der Waals surface area contributed by atoms with Gasteiger partial charge in [-0.25, -0.2) is 4.79 Å². The van der Waals surface area contributed by atoms with Crippen molar-refractivity contribution in [1.29, 1.82) is 0 Å². The number of nitrogens with one attached hydrogen (secondary N) is 2. The lowest BCUT2D eigenvalue weighted by Gasteiger charge is -2.38. The Morgan fingerprint density at radius 3 is 2.00 bits per heavy atom. The molecule has 16 heavy (non-hydrogen) atoms. The quantitative estimate of drug-likeness (QED) is 0.707. The largest absolute Gasteiger partial charge is 0.328 e. The second-order valence-corrected chi connectivity index (χ2v) is 4.27. The molecule has 0 aliphatic carbocycles. The van der Waals surface area contributed by atoms with E-state index in [2.05, 4.69) is 10.6 Å². The highest BCUT2D eigenvalue weighted by Crippen LogP contribution is 2.37. The van der Waals surface area contributed by atoms with Crippen LogP contribution in [0.4, 0.5) is 4.79 Å². The van der Waals surface area contributed by atoms with Gasteiger partial charge in [0.25, 0.3) is 0 Å². The van der Waals surface area contributed by atoms with E-state index >= 15 is 0 Å². The molecule has 2 N–H and O–H groups in total. The van der Waals surface area contributed by atoms with Gasteiger partial charge in [0.2, 0.25) is 11.8 Å². The molecule has 1 atom stereocenters. The topological polar surface area (TPSA) is 75.3 Å². The minimum atomic E-state index is -1.09. The van der Waals surface area contributed by atoms with Crippen LogP contribution in [0.5, 0.6) is 0 Å². The van der Waals surface area contributed by atoms with Crippen LogP contribution in [0.3, 0.4) is 0 Å². The van der Waals surface area contributed by atoms with Crippen LogP contribution in [-0.4, -0.2) is 17.8 Å². The van der Waals surface area contributed by atoms with Gasteiger partial charge in [0.1, 0.15) is 5.41 Å². The van der Waals surface area contributed by atoms with Crippen LogP contribution in [0.15, 0.2) is 0 Å². The van der Waals surface area contributed by atoms with Gasteiger partial charge in [0, 0.05) is 0 Å². The van der Waals surface area contributed by atoms with Gasteiger partial charge in [0.05, 0.1) is 0 Å². The molecule has 1 fully saturated rings. The maximum Gasteiger partial charge on any atom is 0.328 e. The number of carbonyl (C=O) groups excluding carboxylic acids is 3. The summed E-state index contributed by atoms with van der Waals surface area (Å²) in [6.07, 6.45) is 1.90. The predicted octanol–water partition coefficient (Wildman–Crippen LogP) is 1.18. The van der Waals surface area contributed by atoms with Crippen LogP contribution in [0, 0.1) is 11.3 Å². The van der Waals surface area contributed by atoms with Gasteiger partial charge in [-0.15, -0.1) is 0 Å². The van der Waals surface area contributed by atoms with Crippen molar-refractivity contribution in [2.45, 2.75) is 40.0 Å². The fraction of sp³-hybridized carbons (Fsp3) is 0.727. The fourth-order valence-electron chi connectivity index (χ4n) is 2.23. The van der Waals surface area contributed by atoms with Gasteiger partial charge in [-0.2, -0.15) is 0 Å². The van der Waals surface area contributed by atoms with Gasteiger partial charge in [-0.05, 0) is 12.3 Å². The van der Waals surface area contributed by atoms with Gasteiger partial charge in [-0.3, -0.25) is 20.2 Å². The Balaban J connectivity index is 3.11. The highest BCUT2D eigenvalue weighted by Gasteiger charge is 2.52. The molecule has 1 aliphatic rings. The average molecular weight is 226 g/mol. The number of carbonyl (C=O) groups is 3. The van der Waals surface area contributed by atoms with Crippen molar-refractivity contribution in [2.75, 3.05) is 0 Å². The summed E-state index contributed by atoms with van der Waals surface area (Å²) < 4.78 is 0. The van der Waals surface area contributed by atoms with E-state index in [9.17, 15) is 14.4 Å². The Morgan fingerprint density at radius 1 is 1.12 bits per heavy atom. The van der Waals surface area contributed by atoms with Crippen molar-refractivity contribution in [3.63, 3.8) is 0 Å². The summed E-state index contributed by atoms with van der Waals surface area (Å²) in [5.74, 6) is -1.00. The molecule has 0 bridgehead atoms. The highest BCUT2D eigenvalue weighted by atomic mass is 16.2. The zero-order valence-electron chi connectivity index (χ0n) is 9.92. The van der Waals surface area contributed by atoms with E-state index in [0.29, 0.717) is 6.42 Å². The molecule has 4 amide bonds. The number of hydrogen-bond acceptors (Lipinski definition) is 3. The first-order valence-corrected chi connectivity index (χ1v) is 5.65. The van der Waals surface area contributed by atoms with E-state index in [1.807, 2.05) is 20.8 Å². The van der Waals surface area contributed by atoms with Crippen LogP contribution in [-0.2, 0) is 9.59 Å². The van der Waals surface area contributed by atoms with Crippen molar-refractivity contribution in [3.05, 3.63) is 0 Å². The van der Waals surface area contributed by atoms with Crippen molar-refractivity contribution >= 4 is 17.8 Å². The maximum atomic E-state index is 11.9. The minimum absolute atomic E-state index is 0.0828. The SMILES string of the molecule is CCCC1(C(C)CC)C(=O)NC(=O)NC1=O. The molecule has 0 radical (unpaired) electrons. The fourth-order valence-corrected chi connectivity index (χ4v) is 2.23. The number of hydrogen-bond donors (Lipinski definition) is 2. The van der Waals surface area contributed by atoms with Gasteiger partial charge < -0.3 is 0 Å².